The fourth-order valence-corrected chi connectivity index (χ4v) is 2.38. The highest BCUT2D eigenvalue weighted by atomic mass is 16.4. The predicted octanol–water partition coefficient (Wildman–Crippen LogP) is 2.76. The van der Waals surface area contributed by atoms with E-state index in [1.807, 2.05) is 0 Å². The Morgan fingerprint density at radius 2 is 2.16 bits per heavy atom. The quantitative estimate of drug-likeness (QED) is 0.899. The largest absolute Gasteiger partial charge is 0.478 e. The van der Waals surface area contributed by atoms with Gasteiger partial charge in [-0.3, -0.25) is 0 Å². The number of carboxylic acid groups (broad SMARTS) is 1. The van der Waals surface area contributed by atoms with Gasteiger partial charge in [-0.05, 0) is 37.0 Å². The van der Waals surface area contributed by atoms with Crippen LogP contribution in [0.2, 0.25) is 0 Å². The molecule has 0 bridgehead atoms. The number of anilines is 1. The lowest BCUT2D eigenvalue weighted by atomic mass is 10.00. The zero-order chi connectivity index (χ0) is 13.4. The minimum atomic E-state index is -0.952. The van der Waals surface area contributed by atoms with E-state index in [1.54, 1.807) is 12.1 Å². The summed E-state index contributed by atoms with van der Waals surface area (Å²) in [4.78, 5) is 17.5. The maximum atomic E-state index is 10.9. The van der Waals surface area contributed by atoms with Gasteiger partial charge in [0.15, 0.2) is 5.58 Å². The molecule has 2 aromatic rings. The van der Waals surface area contributed by atoms with Crippen LogP contribution in [0.3, 0.4) is 0 Å². The van der Waals surface area contributed by atoms with Crippen molar-refractivity contribution in [1.29, 1.82) is 0 Å². The van der Waals surface area contributed by atoms with Crippen LogP contribution in [0, 0.1) is 5.92 Å². The minimum Gasteiger partial charge on any atom is -0.478 e. The molecule has 0 aliphatic carbocycles. The first-order chi connectivity index (χ1) is 9.13. The Bertz CT molecular complexity index is 612. The molecule has 1 aliphatic rings. The van der Waals surface area contributed by atoms with Crippen LogP contribution in [0.4, 0.5) is 6.01 Å². The van der Waals surface area contributed by atoms with Gasteiger partial charge >= 0.3 is 5.97 Å². The second kappa shape index (κ2) is 4.57. The summed E-state index contributed by atoms with van der Waals surface area (Å²) in [5.74, 6) is -0.203. The summed E-state index contributed by atoms with van der Waals surface area (Å²) >= 11 is 0. The lowest BCUT2D eigenvalue weighted by Crippen LogP contribution is -2.32. The van der Waals surface area contributed by atoms with Crippen molar-refractivity contribution in [2.75, 3.05) is 18.0 Å². The van der Waals surface area contributed by atoms with Gasteiger partial charge in [0.2, 0.25) is 0 Å². The van der Waals surface area contributed by atoms with Crippen LogP contribution in [0.15, 0.2) is 22.6 Å². The molecule has 2 heterocycles. The summed E-state index contributed by atoms with van der Waals surface area (Å²) in [5, 5.41) is 8.96. The van der Waals surface area contributed by atoms with Gasteiger partial charge in [-0.2, -0.15) is 4.98 Å². The average Bonchev–Trinajstić information content (AvgIpc) is 2.82. The lowest BCUT2D eigenvalue weighted by molar-refractivity contribution is 0.0697. The molecule has 1 saturated heterocycles. The highest BCUT2D eigenvalue weighted by molar-refractivity contribution is 5.92. The van der Waals surface area contributed by atoms with E-state index in [1.165, 1.54) is 6.07 Å². The fraction of sp³-hybridized carbons (Fsp3) is 0.429. The highest BCUT2D eigenvalue weighted by Crippen LogP contribution is 2.26. The molecule has 1 aromatic heterocycles. The second-order valence-electron chi connectivity index (χ2n) is 5.15. The zero-order valence-electron chi connectivity index (χ0n) is 10.8. The Labute approximate surface area is 110 Å². The lowest BCUT2D eigenvalue weighted by Gasteiger charge is -2.28. The molecular formula is C14H16N2O3. The zero-order valence-corrected chi connectivity index (χ0v) is 10.8. The first-order valence-electron chi connectivity index (χ1n) is 6.52. The van der Waals surface area contributed by atoms with E-state index in [0.717, 1.165) is 31.8 Å². The van der Waals surface area contributed by atoms with Crippen LogP contribution in [0.25, 0.3) is 11.1 Å². The molecule has 0 amide bonds. The van der Waals surface area contributed by atoms with Crippen molar-refractivity contribution < 1.29 is 14.3 Å². The summed E-state index contributed by atoms with van der Waals surface area (Å²) in [6, 6.07) is 5.37. The van der Waals surface area contributed by atoms with Gasteiger partial charge in [0, 0.05) is 13.1 Å². The highest BCUT2D eigenvalue weighted by Gasteiger charge is 2.20. The van der Waals surface area contributed by atoms with E-state index in [4.69, 9.17) is 9.52 Å². The monoisotopic (exact) mass is 260 g/mol. The Morgan fingerprint density at radius 3 is 2.84 bits per heavy atom. The van der Waals surface area contributed by atoms with Crippen LogP contribution in [-0.2, 0) is 0 Å². The molecule has 3 rings (SSSR count). The molecule has 0 unspecified atom stereocenters. The molecule has 1 aromatic carbocycles. The molecule has 1 N–H and O–H groups in total. The molecule has 1 aliphatic heterocycles. The number of carboxylic acids is 1. The van der Waals surface area contributed by atoms with E-state index < -0.39 is 5.97 Å². The van der Waals surface area contributed by atoms with Crippen molar-refractivity contribution >= 4 is 23.1 Å². The average molecular weight is 260 g/mol. The van der Waals surface area contributed by atoms with E-state index in [-0.39, 0.29) is 5.56 Å². The SMILES string of the molecule is CC1CCN(c2nc3ccc(C(=O)O)cc3o2)CC1. The number of fused-ring (bicyclic) bond motifs is 1. The number of benzene rings is 1. The number of piperidine rings is 1. The van der Waals surface area contributed by atoms with Crippen LogP contribution in [-0.4, -0.2) is 29.1 Å². The van der Waals surface area contributed by atoms with Crippen molar-refractivity contribution in [3.05, 3.63) is 23.8 Å². The number of nitrogens with zero attached hydrogens (tertiary/aromatic N) is 2. The summed E-state index contributed by atoms with van der Waals surface area (Å²) in [7, 11) is 0. The summed E-state index contributed by atoms with van der Waals surface area (Å²) < 4.78 is 5.69. The molecule has 5 heteroatoms. The number of oxazole rings is 1. The third-order valence-electron chi connectivity index (χ3n) is 3.68. The standard InChI is InChI=1S/C14H16N2O3/c1-9-4-6-16(7-5-9)14-15-11-3-2-10(13(17)18)8-12(11)19-14/h2-3,8-9H,4-7H2,1H3,(H,17,18). The molecule has 0 spiro atoms. The maximum absolute atomic E-state index is 10.9. The van der Waals surface area contributed by atoms with Crippen LogP contribution in [0.5, 0.6) is 0 Å². The Morgan fingerprint density at radius 1 is 1.42 bits per heavy atom. The normalized spacial score (nSPS) is 17.0. The molecule has 100 valence electrons. The molecule has 0 radical (unpaired) electrons. The van der Waals surface area contributed by atoms with Gasteiger partial charge < -0.3 is 14.4 Å². The Kier molecular flexibility index (Phi) is 2.89. The number of rotatable bonds is 2. The number of hydrogen-bond donors (Lipinski definition) is 1. The van der Waals surface area contributed by atoms with Crippen LogP contribution < -0.4 is 4.90 Å². The van der Waals surface area contributed by atoms with Gasteiger partial charge in [0.25, 0.3) is 6.01 Å². The third-order valence-corrected chi connectivity index (χ3v) is 3.68. The third kappa shape index (κ3) is 2.28. The van der Waals surface area contributed by atoms with Gasteiger partial charge in [0.05, 0.1) is 5.56 Å². The maximum Gasteiger partial charge on any atom is 0.335 e. The smallest absolute Gasteiger partial charge is 0.335 e. The molecule has 0 atom stereocenters. The van der Waals surface area contributed by atoms with Gasteiger partial charge in [-0.1, -0.05) is 6.92 Å². The van der Waals surface area contributed by atoms with Gasteiger partial charge in [-0.15, -0.1) is 0 Å². The van der Waals surface area contributed by atoms with Gasteiger partial charge in [-0.25, -0.2) is 4.79 Å². The van der Waals surface area contributed by atoms with Crippen LogP contribution >= 0.6 is 0 Å². The van der Waals surface area contributed by atoms with Crippen molar-refractivity contribution in [1.82, 2.24) is 4.98 Å². The number of aromatic carboxylic acids is 1. The molecule has 5 nitrogen and oxygen atoms in total. The van der Waals surface area contributed by atoms with Crippen molar-refractivity contribution in [2.45, 2.75) is 19.8 Å². The van der Waals surface area contributed by atoms with E-state index >= 15 is 0 Å². The summed E-state index contributed by atoms with van der Waals surface area (Å²) in [5.41, 5.74) is 1.47. The van der Waals surface area contributed by atoms with Crippen molar-refractivity contribution in [2.24, 2.45) is 5.92 Å². The van der Waals surface area contributed by atoms with Gasteiger partial charge in [0.1, 0.15) is 5.52 Å². The van der Waals surface area contributed by atoms with Crippen molar-refractivity contribution in [3.8, 4) is 0 Å². The first kappa shape index (κ1) is 12.0. The molecule has 19 heavy (non-hydrogen) atoms. The molecule has 0 saturated carbocycles. The number of carbonyl (C=O) groups is 1. The first-order valence-corrected chi connectivity index (χ1v) is 6.52. The molecule has 1 fully saturated rings. The predicted molar refractivity (Wildman–Crippen MR) is 71.6 cm³/mol. The molecular weight excluding hydrogens is 244 g/mol. The summed E-state index contributed by atoms with van der Waals surface area (Å²) in [6.45, 7) is 4.14. The topological polar surface area (TPSA) is 66.6 Å². The number of aromatic nitrogens is 1. The van der Waals surface area contributed by atoms with Crippen LogP contribution in [0.1, 0.15) is 30.1 Å². The van der Waals surface area contributed by atoms with E-state index in [0.29, 0.717) is 17.1 Å². The number of hydrogen-bond acceptors (Lipinski definition) is 4. The Hall–Kier alpha value is -2.04. The Balaban J connectivity index is 1.91. The van der Waals surface area contributed by atoms with E-state index in [2.05, 4.69) is 16.8 Å². The minimum absolute atomic E-state index is 0.225. The van der Waals surface area contributed by atoms with E-state index in [9.17, 15) is 4.79 Å². The second-order valence-corrected chi connectivity index (χ2v) is 5.15. The summed E-state index contributed by atoms with van der Waals surface area (Å²) in [6.07, 6.45) is 2.28. The van der Waals surface area contributed by atoms with Crippen molar-refractivity contribution in [3.63, 3.8) is 0 Å². The fourth-order valence-electron chi connectivity index (χ4n) is 2.38.